The molecule has 0 spiro atoms. The number of carbonyl (C=O) groups excluding carboxylic acids is 2. The molecule has 0 aliphatic heterocycles. The fourth-order valence-electron chi connectivity index (χ4n) is 3.81. The summed E-state index contributed by atoms with van der Waals surface area (Å²) < 4.78 is 47.5. The lowest BCUT2D eigenvalue weighted by atomic mass is 10.0. The molecule has 2 unspecified atom stereocenters. The average Bonchev–Trinajstić information content (AvgIpc) is 3.29. The van der Waals surface area contributed by atoms with Gasteiger partial charge in [-0.3, -0.25) is 0 Å². The number of urea groups is 1. The highest BCUT2D eigenvalue weighted by molar-refractivity contribution is 5.77. The zero-order chi connectivity index (χ0) is 25.8. The smallest absolute Gasteiger partial charge is 0.408 e. The number of ether oxygens (including phenoxy) is 1. The Bertz CT molecular complexity index is 1190. The molecular formula is C24H28F3N5O3. The van der Waals surface area contributed by atoms with Crippen LogP contribution in [0.25, 0.3) is 16.9 Å². The number of nitrogens with zero attached hydrogens (tertiary/aromatic N) is 4. The van der Waals surface area contributed by atoms with E-state index in [-0.39, 0.29) is 18.7 Å². The summed E-state index contributed by atoms with van der Waals surface area (Å²) in [4.78, 5) is 34.1. The van der Waals surface area contributed by atoms with Gasteiger partial charge in [0.1, 0.15) is 11.8 Å². The lowest BCUT2D eigenvalue weighted by Crippen LogP contribution is -2.51. The second-order valence-corrected chi connectivity index (χ2v) is 8.17. The zero-order valence-electron chi connectivity index (χ0n) is 20.0. The van der Waals surface area contributed by atoms with Crippen molar-refractivity contribution in [1.82, 2.24) is 24.6 Å². The molecule has 0 aliphatic rings. The van der Waals surface area contributed by atoms with E-state index >= 15 is 0 Å². The Balaban J connectivity index is 1.85. The van der Waals surface area contributed by atoms with Crippen LogP contribution in [-0.4, -0.2) is 57.0 Å². The number of hydrogen-bond acceptors (Lipinski definition) is 5. The quantitative estimate of drug-likeness (QED) is 0.465. The Kier molecular flexibility index (Phi) is 7.98. The number of carbonyl (C=O) groups is 2. The molecule has 2 heterocycles. The number of hydrogen-bond donors (Lipinski definition) is 1. The number of halogens is 3. The summed E-state index contributed by atoms with van der Waals surface area (Å²) in [5.41, 5.74) is 2.64. The first-order valence-corrected chi connectivity index (χ1v) is 11.2. The first-order chi connectivity index (χ1) is 16.5. The Morgan fingerprint density at radius 1 is 1.29 bits per heavy atom. The van der Waals surface area contributed by atoms with Gasteiger partial charge >= 0.3 is 12.2 Å². The predicted octanol–water partition coefficient (Wildman–Crippen LogP) is 4.80. The van der Waals surface area contributed by atoms with Gasteiger partial charge in [0.05, 0.1) is 18.8 Å². The monoisotopic (exact) mass is 491 g/mol. The maximum atomic E-state index is 13.4. The summed E-state index contributed by atoms with van der Waals surface area (Å²) in [6.45, 7) is 4.84. The third kappa shape index (κ3) is 6.09. The highest BCUT2D eigenvalue weighted by Crippen LogP contribution is 2.29. The normalized spacial score (nSPS) is 13.3. The zero-order valence-corrected chi connectivity index (χ0v) is 20.0. The van der Waals surface area contributed by atoms with Crippen LogP contribution in [-0.2, 0) is 4.79 Å². The Labute approximate surface area is 201 Å². The number of Topliss-reactive ketones (excluding diaryl/α,β-unsaturated/α-hetero) is 1. The van der Waals surface area contributed by atoms with Crippen LogP contribution in [0.1, 0.15) is 45.2 Å². The van der Waals surface area contributed by atoms with Crippen LogP contribution in [0.5, 0.6) is 5.88 Å². The van der Waals surface area contributed by atoms with Crippen LogP contribution >= 0.6 is 0 Å². The minimum Gasteiger partial charge on any atom is -0.478 e. The molecule has 8 nitrogen and oxygen atoms in total. The van der Waals surface area contributed by atoms with E-state index in [0.717, 1.165) is 11.1 Å². The van der Waals surface area contributed by atoms with E-state index in [2.05, 4.69) is 15.3 Å². The number of fused-ring (bicyclic) bond motifs is 1. The van der Waals surface area contributed by atoms with Gasteiger partial charge in [-0.2, -0.15) is 13.2 Å². The third-order valence-electron chi connectivity index (χ3n) is 5.75. The van der Waals surface area contributed by atoms with Gasteiger partial charge in [-0.05, 0) is 38.8 Å². The molecule has 0 radical (unpaired) electrons. The lowest BCUT2D eigenvalue weighted by Gasteiger charge is -2.31. The fraction of sp³-hybridized carbons (Fsp3) is 0.417. The highest BCUT2D eigenvalue weighted by Gasteiger charge is 2.41. The second kappa shape index (κ2) is 10.7. The molecule has 2 amide bonds. The number of nitrogens with one attached hydrogen (secondary N) is 1. The van der Waals surface area contributed by atoms with Gasteiger partial charge < -0.3 is 24.1 Å². The Hall–Kier alpha value is -3.63. The van der Waals surface area contributed by atoms with Crippen LogP contribution in [0, 0.1) is 0 Å². The molecule has 1 aromatic carbocycles. The van der Waals surface area contributed by atoms with Crippen LogP contribution < -0.4 is 10.1 Å². The van der Waals surface area contributed by atoms with E-state index in [4.69, 9.17) is 4.74 Å². The summed E-state index contributed by atoms with van der Waals surface area (Å²) in [6.07, 6.45) is -0.250. The Morgan fingerprint density at radius 3 is 2.66 bits per heavy atom. The largest absolute Gasteiger partial charge is 0.478 e. The molecule has 0 bridgehead atoms. The van der Waals surface area contributed by atoms with Crippen molar-refractivity contribution in [3.63, 3.8) is 0 Å². The second-order valence-electron chi connectivity index (χ2n) is 8.17. The molecule has 188 valence electrons. The molecule has 35 heavy (non-hydrogen) atoms. The van der Waals surface area contributed by atoms with E-state index in [1.165, 1.54) is 18.9 Å². The maximum absolute atomic E-state index is 13.4. The first-order valence-electron chi connectivity index (χ1n) is 11.2. The molecule has 0 fully saturated rings. The van der Waals surface area contributed by atoms with E-state index < -0.39 is 30.7 Å². The molecule has 0 saturated carbocycles. The molecule has 2 aromatic heterocycles. The number of amides is 2. The van der Waals surface area contributed by atoms with Crippen LogP contribution in [0.15, 0.2) is 42.9 Å². The Morgan fingerprint density at radius 2 is 2.03 bits per heavy atom. The van der Waals surface area contributed by atoms with Crippen molar-refractivity contribution in [2.24, 2.45) is 0 Å². The standard InChI is InChI=1S/C24H28F3N5O3/c1-5-32(23(34)30-20(24(25,26)27)10-9-15(2)33)16(3)17-7-6-8-18(13-17)19-14-31-12-11-28-21(31)22(29-19)35-4/h6-8,11-14,16,20H,5,9-10H2,1-4H3,(H,30,34). The molecule has 0 saturated heterocycles. The van der Waals surface area contributed by atoms with Gasteiger partial charge in [0.25, 0.3) is 5.88 Å². The number of ketones is 1. The van der Waals surface area contributed by atoms with Crippen molar-refractivity contribution < 1.29 is 27.5 Å². The maximum Gasteiger partial charge on any atom is 0.408 e. The molecule has 3 aromatic rings. The predicted molar refractivity (Wildman–Crippen MR) is 124 cm³/mol. The number of methoxy groups -OCH3 is 1. The SMILES string of the molecule is CCN(C(=O)NC(CCC(C)=O)C(F)(F)F)C(C)c1cccc(-c2cn3ccnc3c(OC)n2)c1. The summed E-state index contributed by atoms with van der Waals surface area (Å²) >= 11 is 0. The first kappa shape index (κ1) is 26.0. The molecule has 0 aliphatic carbocycles. The molecular weight excluding hydrogens is 463 g/mol. The number of imidazole rings is 1. The third-order valence-corrected chi connectivity index (χ3v) is 5.75. The van der Waals surface area contributed by atoms with E-state index in [1.54, 1.807) is 49.0 Å². The summed E-state index contributed by atoms with van der Waals surface area (Å²) in [6, 6.07) is 3.79. The summed E-state index contributed by atoms with van der Waals surface area (Å²) in [7, 11) is 1.50. The average molecular weight is 492 g/mol. The van der Waals surface area contributed by atoms with Crippen LogP contribution in [0.2, 0.25) is 0 Å². The van der Waals surface area contributed by atoms with Crippen molar-refractivity contribution in [2.45, 2.75) is 51.9 Å². The van der Waals surface area contributed by atoms with Crippen molar-refractivity contribution in [1.29, 1.82) is 0 Å². The molecule has 3 rings (SSSR count). The van der Waals surface area contributed by atoms with E-state index in [1.807, 2.05) is 12.1 Å². The molecule has 11 heteroatoms. The number of rotatable bonds is 9. The molecule has 2 atom stereocenters. The fourth-order valence-corrected chi connectivity index (χ4v) is 3.81. The molecule has 1 N–H and O–H groups in total. The number of benzene rings is 1. The summed E-state index contributed by atoms with van der Waals surface area (Å²) in [5, 5.41) is 2.06. The lowest BCUT2D eigenvalue weighted by molar-refractivity contribution is -0.155. The van der Waals surface area contributed by atoms with E-state index in [0.29, 0.717) is 17.2 Å². The minimum absolute atomic E-state index is 0.182. The van der Waals surface area contributed by atoms with Crippen molar-refractivity contribution in [3.05, 3.63) is 48.4 Å². The topological polar surface area (TPSA) is 88.8 Å². The van der Waals surface area contributed by atoms with Crippen molar-refractivity contribution in [2.75, 3.05) is 13.7 Å². The number of alkyl halides is 3. The van der Waals surface area contributed by atoms with Gasteiger partial charge in [0, 0.05) is 37.1 Å². The van der Waals surface area contributed by atoms with Crippen LogP contribution in [0.4, 0.5) is 18.0 Å². The van der Waals surface area contributed by atoms with Gasteiger partial charge in [-0.1, -0.05) is 18.2 Å². The van der Waals surface area contributed by atoms with Crippen molar-refractivity contribution >= 4 is 17.5 Å². The van der Waals surface area contributed by atoms with Gasteiger partial charge in [-0.15, -0.1) is 0 Å². The minimum atomic E-state index is -4.66. The van der Waals surface area contributed by atoms with Gasteiger partial charge in [0.15, 0.2) is 5.65 Å². The summed E-state index contributed by atoms with van der Waals surface area (Å²) in [5.74, 6) is -0.0191. The van der Waals surface area contributed by atoms with Crippen molar-refractivity contribution in [3.8, 4) is 17.1 Å². The highest BCUT2D eigenvalue weighted by atomic mass is 19.4. The van der Waals surface area contributed by atoms with E-state index in [9.17, 15) is 22.8 Å². The van der Waals surface area contributed by atoms with Crippen LogP contribution in [0.3, 0.4) is 0 Å². The van der Waals surface area contributed by atoms with Gasteiger partial charge in [-0.25, -0.2) is 14.8 Å². The van der Waals surface area contributed by atoms with Gasteiger partial charge in [0.2, 0.25) is 0 Å². The number of aromatic nitrogens is 3.